The fraction of sp³-hybridized carbons (Fsp3) is 0.361. The Bertz CT molecular complexity index is 1580. The molecule has 3 N–H and O–H groups in total. The van der Waals surface area contributed by atoms with Gasteiger partial charge in [-0.1, -0.05) is 68.8 Å². The van der Waals surface area contributed by atoms with E-state index in [-0.39, 0.29) is 23.0 Å². The summed E-state index contributed by atoms with van der Waals surface area (Å²) in [6, 6.07) is 24.9. The Balaban J connectivity index is 1.42. The van der Waals surface area contributed by atoms with Gasteiger partial charge in [0.15, 0.2) is 0 Å². The number of nitrogens with zero attached hydrogens (tertiary/aromatic N) is 2. The molecule has 1 fully saturated rings. The van der Waals surface area contributed by atoms with Crippen LogP contribution in [0.25, 0.3) is 5.69 Å². The van der Waals surface area contributed by atoms with Gasteiger partial charge in [0.1, 0.15) is 17.4 Å². The Kier molecular flexibility index (Phi) is 9.49. The SMILES string of the molecule is COc1ccc(CC(=O)C(c2ccccc2NC(=O)Nc2cc(C(C)(C)C)nn2-c2ccc(C)cc2)C2CCNCC2)cc1. The zero-order valence-electron chi connectivity index (χ0n) is 26.3. The van der Waals surface area contributed by atoms with Crippen molar-refractivity contribution < 1.29 is 14.3 Å². The van der Waals surface area contributed by atoms with E-state index in [1.54, 1.807) is 11.8 Å². The van der Waals surface area contributed by atoms with Gasteiger partial charge in [0.05, 0.1) is 18.5 Å². The maximum Gasteiger partial charge on any atom is 0.324 e. The molecule has 0 bridgehead atoms. The third kappa shape index (κ3) is 7.37. The minimum Gasteiger partial charge on any atom is -0.497 e. The molecule has 230 valence electrons. The number of para-hydroxylation sites is 1. The van der Waals surface area contributed by atoms with Crippen LogP contribution < -0.4 is 20.7 Å². The second-order valence-electron chi connectivity index (χ2n) is 12.6. The van der Waals surface area contributed by atoms with Crippen molar-refractivity contribution in [3.8, 4) is 11.4 Å². The molecule has 4 aromatic rings. The largest absolute Gasteiger partial charge is 0.497 e. The third-order valence-electron chi connectivity index (χ3n) is 8.28. The predicted octanol–water partition coefficient (Wildman–Crippen LogP) is 7.03. The van der Waals surface area contributed by atoms with E-state index in [2.05, 4.69) is 36.7 Å². The van der Waals surface area contributed by atoms with E-state index >= 15 is 0 Å². The molecular formula is C36H43N5O3. The molecule has 3 aromatic carbocycles. The quantitative estimate of drug-likeness (QED) is 0.194. The van der Waals surface area contributed by atoms with Crippen LogP contribution in [0.1, 0.15) is 61.9 Å². The van der Waals surface area contributed by atoms with Crippen LogP contribution in [-0.4, -0.2) is 41.8 Å². The first-order valence-corrected chi connectivity index (χ1v) is 15.3. The van der Waals surface area contributed by atoms with Crippen LogP contribution in [0.2, 0.25) is 0 Å². The number of Topliss-reactive ketones (excluding diaryl/α,β-unsaturated/α-hetero) is 1. The smallest absolute Gasteiger partial charge is 0.324 e. The number of ether oxygens (including phenoxy) is 1. The first-order valence-electron chi connectivity index (χ1n) is 15.3. The van der Waals surface area contributed by atoms with Crippen molar-refractivity contribution in [2.75, 3.05) is 30.8 Å². The number of carbonyl (C=O) groups excluding carboxylic acids is 2. The van der Waals surface area contributed by atoms with Gasteiger partial charge in [-0.2, -0.15) is 5.10 Å². The fourth-order valence-electron chi connectivity index (χ4n) is 5.79. The van der Waals surface area contributed by atoms with Crippen molar-refractivity contribution in [2.45, 2.75) is 58.3 Å². The summed E-state index contributed by atoms with van der Waals surface area (Å²) < 4.78 is 7.06. The van der Waals surface area contributed by atoms with E-state index < -0.39 is 6.03 Å². The maximum atomic E-state index is 14.0. The summed E-state index contributed by atoms with van der Waals surface area (Å²) in [7, 11) is 1.63. The number of piperidine rings is 1. The van der Waals surface area contributed by atoms with Gasteiger partial charge in [0.2, 0.25) is 0 Å². The summed E-state index contributed by atoms with van der Waals surface area (Å²) in [6.07, 6.45) is 2.10. The molecule has 0 spiro atoms. The highest BCUT2D eigenvalue weighted by Gasteiger charge is 2.33. The van der Waals surface area contributed by atoms with Crippen LogP contribution in [0.15, 0.2) is 78.9 Å². The highest BCUT2D eigenvalue weighted by Crippen LogP contribution is 2.37. The third-order valence-corrected chi connectivity index (χ3v) is 8.28. The molecule has 1 unspecified atom stereocenters. The van der Waals surface area contributed by atoms with Gasteiger partial charge >= 0.3 is 6.03 Å². The molecule has 1 saturated heterocycles. The first-order chi connectivity index (χ1) is 21.1. The number of hydrogen-bond donors (Lipinski definition) is 3. The van der Waals surface area contributed by atoms with Gasteiger partial charge in [-0.3, -0.25) is 10.1 Å². The van der Waals surface area contributed by atoms with Crippen molar-refractivity contribution >= 4 is 23.3 Å². The Morgan fingerprint density at radius 2 is 1.66 bits per heavy atom. The van der Waals surface area contributed by atoms with Crippen molar-refractivity contribution in [1.82, 2.24) is 15.1 Å². The summed E-state index contributed by atoms with van der Waals surface area (Å²) in [4.78, 5) is 27.6. The van der Waals surface area contributed by atoms with Crippen molar-refractivity contribution in [1.29, 1.82) is 0 Å². The molecule has 8 heteroatoms. The summed E-state index contributed by atoms with van der Waals surface area (Å²) in [6.45, 7) is 10.1. The second-order valence-corrected chi connectivity index (χ2v) is 12.6. The Hall–Kier alpha value is -4.43. The minimum absolute atomic E-state index is 0.143. The lowest BCUT2D eigenvalue weighted by Crippen LogP contribution is -2.34. The highest BCUT2D eigenvalue weighted by molar-refractivity contribution is 6.01. The molecule has 0 aliphatic carbocycles. The number of methoxy groups -OCH3 is 1. The predicted molar refractivity (Wildman–Crippen MR) is 176 cm³/mol. The lowest BCUT2D eigenvalue weighted by Gasteiger charge is -2.31. The molecule has 2 heterocycles. The van der Waals surface area contributed by atoms with Gasteiger partial charge in [0.25, 0.3) is 0 Å². The number of aromatic nitrogens is 2. The molecule has 1 aliphatic heterocycles. The number of rotatable bonds is 9. The molecule has 0 saturated carbocycles. The molecule has 1 aromatic heterocycles. The maximum absolute atomic E-state index is 14.0. The topological polar surface area (TPSA) is 97.3 Å². The number of urea groups is 1. The fourth-order valence-corrected chi connectivity index (χ4v) is 5.79. The lowest BCUT2D eigenvalue weighted by molar-refractivity contribution is -0.121. The Morgan fingerprint density at radius 3 is 2.32 bits per heavy atom. The number of anilines is 2. The van der Waals surface area contributed by atoms with Crippen molar-refractivity contribution in [3.63, 3.8) is 0 Å². The van der Waals surface area contributed by atoms with Crippen molar-refractivity contribution in [2.24, 2.45) is 5.92 Å². The molecule has 44 heavy (non-hydrogen) atoms. The van der Waals surface area contributed by atoms with Gasteiger partial charge in [0, 0.05) is 29.5 Å². The van der Waals surface area contributed by atoms with Crippen molar-refractivity contribution in [3.05, 3.63) is 101 Å². The zero-order chi connectivity index (χ0) is 31.3. The van der Waals surface area contributed by atoms with Crippen LogP contribution >= 0.6 is 0 Å². The lowest BCUT2D eigenvalue weighted by atomic mass is 9.76. The zero-order valence-corrected chi connectivity index (χ0v) is 26.3. The van der Waals surface area contributed by atoms with E-state index in [1.807, 2.05) is 85.8 Å². The number of aryl methyl sites for hydroxylation is 1. The monoisotopic (exact) mass is 593 g/mol. The Labute approximate surface area is 260 Å². The summed E-state index contributed by atoms with van der Waals surface area (Å²) in [5.41, 5.74) is 5.08. The molecule has 1 atom stereocenters. The summed E-state index contributed by atoms with van der Waals surface area (Å²) in [5.74, 6) is 1.30. The van der Waals surface area contributed by atoms with Crippen LogP contribution in [0, 0.1) is 12.8 Å². The van der Waals surface area contributed by atoms with Crippen LogP contribution in [0.5, 0.6) is 5.75 Å². The number of hydrogen-bond acceptors (Lipinski definition) is 5. The van der Waals surface area contributed by atoms with E-state index in [1.165, 1.54) is 0 Å². The number of benzene rings is 3. The molecule has 0 radical (unpaired) electrons. The molecule has 2 amide bonds. The Morgan fingerprint density at radius 1 is 0.977 bits per heavy atom. The molecule has 8 nitrogen and oxygen atoms in total. The first kappa shape index (κ1) is 31.0. The number of nitrogens with one attached hydrogen (secondary N) is 3. The second kappa shape index (κ2) is 13.5. The van der Waals surface area contributed by atoms with Gasteiger partial charge in [-0.15, -0.1) is 0 Å². The van der Waals surface area contributed by atoms with Gasteiger partial charge in [-0.25, -0.2) is 9.48 Å². The average molecular weight is 594 g/mol. The number of ketones is 1. The molecule has 1 aliphatic rings. The number of carbonyl (C=O) groups is 2. The summed E-state index contributed by atoms with van der Waals surface area (Å²) in [5, 5.41) is 14.4. The van der Waals surface area contributed by atoms with E-state index in [0.29, 0.717) is 17.9 Å². The standard InChI is InChI=1S/C36H43N5O3/c1-24-10-14-27(15-11-24)41-33(23-32(40-41)36(2,3)4)39-35(43)38-30-9-7-6-8-29(30)34(26-18-20-37-21-19-26)31(42)22-25-12-16-28(44-5)17-13-25/h6-17,23,26,34,37H,18-22H2,1-5H3,(H2,38,39,43). The van der Waals surface area contributed by atoms with E-state index in [0.717, 1.165) is 59.8 Å². The average Bonchev–Trinajstić information content (AvgIpc) is 3.44. The minimum atomic E-state index is -0.391. The van der Waals surface area contributed by atoms with Crippen LogP contribution in [0.4, 0.5) is 16.3 Å². The molecular weight excluding hydrogens is 550 g/mol. The normalized spacial score (nSPS) is 14.6. The summed E-state index contributed by atoms with van der Waals surface area (Å²) >= 11 is 0. The van der Waals surface area contributed by atoms with Crippen LogP contribution in [0.3, 0.4) is 0 Å². The van der Waals surface area contributed by atoms with Gasteiger partial charge in [-0.05, 0) is 80.2 Å². The van der Waals surface area contributed by atoms with Gasteiger partial charge < -0.3 is 15.4 Å². The highest BCUT2D eigenvalue weighted by atomic mass is 16.5. The molecule has 5 rings (SSSR count). The number of amides is 2. The van der Waals surface area contributed by atoms with Crippen LogP contribution in [-0.2, 0) is 16.6 Å². The van der Waals surface area contributed by atoms with E-state index in [4.69, 9.17) is 9.84 Å². The van der Waals surface area contributed by atoms with E-state index in [9.17, 15) is 9.59 Å².